The number of hydrogen-bond acceptors (Lipinski definition) is 3. The molecule has 1 aromatic heterocycles. The molecule has 1 fully saturated rings. The Kier molecular flexibility index (Phi) is 4.09. The number of nitrogens with zero attached hydrogens (tertiary/aromatic N) is 2. The van der Waals surface area contributed by atoms with Crippen molar-refractivity contribution < 1.29 is 0 Å². The molecular formula is C15H21N3S. The predicted octanol–water partition coefficient (Wildman–Crippen LogP) is 3.04. The van der Waals surface area contributed by atoms with Gasteiger partial charge in [0.25, 0.3) is 0 Å². The molecule has 1 saturated heterocycles. The Labute approximate surface area is 118 Å². The molecule has 0 aliphatic carbocycles. The molecule has 0 amide bonds. The molecule has 3 rings (SSSR count). The highest BCUT2D eigenvalue weighted by Crippen LogP contribution is 2.20. The van der Waals surface area contributed by atoms with Crippen LogP contribution in [0, 0.1) is 0 Å². The van der Waals surface area contributed by atoms with Crippen molar-refractivity contribution >= 4 is 22.7 Å². The minimum absolute atomic E-state index is 0.657. The first-order chi connectivity index (χ1) is 9.38. The number of aryl methyl sites for hydroxylation is 1. The van der Waals surface area contributed by atoms with Crippen LogP contribution in [0.3, 0.4) is 0 Å². The quantitative estimate of drug-likeness (QED) is 0.930. The van der Waals surface area contributed by atoms with E-state index in [2.05, 4.69) is 52.9 Å². The van der Waals surface area contributed by atoms with Crippen molar-refractivity contribution in [3.05, 3.63) is 30.0 Å². The van der Waals surface area contributed by atoms with Crippen molar-refractivity contribution in [3.8, 4) is 0 Å². The average Bonchev–Trinajstić information content (AvgIpc) is 2.84. The maximum Gasteiger partial charge on any atom is 0.0841 e. The van der Waals surface area contributed by atoms with Gasteiger partial charge < -0.3 is 5.32 Å². The van der Waals surface area contributed by atoms with Crippen LogP contribution in [0.15, 0.2) is 24.3 Å². The lowest BCUT2D eigenvalue weighted by atomic mass is 10.1. The summed E-state index contributed by atoms with van der Waals surface area (Å²) < 4.78 is 2.10. The minimum atomic E-state index is 0.657. The van der Waals surface area contributed by atoms with Crippen LogP contribution in [0.2, 0.25) is 0 Å². The lowest BCUT2D eigenvalue weighted by Gasteiger charge is -2.22. The average molecular weight is 275 g/mol. The van der Waals surface area contributed by atoms with E-state index < -0.39 is 0 Å². The second kappa shape index (κ2) is 5.97. The van der Waals surface area contributed by atoms with Crippen molar-refractivity contribution in [2.45, 2.75) is 38.9 Å². The van der Waals surface area contributed by atoms with E-state index in [9.17, 15) is 0 Å². The molecule has 1 atom stereocenters. The number of nitrogens with one attached hydrogen (secondary N) is 1. The first-order valence-corrected chi connectivity index (χ1v) is 8.29. The highest BCUT2D eigenvalue weighted by atomic mass is 32.2. The summed E-state index contributed by atoms with van der Waals surface area (Å²) in [7, 11) is 0. The zero-order valence-corrected chi connectivity index (χ0v) is 12.2. The van der Waals surface area contributed by atoms with Crippen molar-refractivity contribution in [1.82, 2.24) is 15.1 Å². The summed E-state index contributed by atoms with van der Waals surface area (Å²) in [5, 5.41) is 9.70. The number of aromatic nitrogens is 2. The molecule has 0 spiro atoms. The van der Waals surface area contributed by atoms with Crippen LogP contribution in [0.5, 0.6) is 0 Å². The summed E-state index contributed by atoms with van der Waals surface area (Å²) in [6.07, 6.45) is 2.64. The molecule has 19 heavy (non-hydrogen) atoms. The van der Waals surface area contributed by atoms with Crippen LogP contribution in [-0.2, 0) is 13.1 Å². The molecule has 1 aliphatic rings. The second-order valence-electron chi connectivity index (χ2n) is 5.07. The maximum absolute atomic E-state index is 4.74. The van der Waals surface area contributed by atoms with Gasteiger partial charge >= 0.3 is 0 Å². The van der Waals surface area contributed by atoms with Gasteiger partial charge in [0.05, 0.1) is 11.2 Å². The van der Waals surface area contributed by atoms with Crippen LogP contribution in [0.25, 0.3) is 10.9 Å². The van der Waals surface area contributed by atoms with Gasteiger partial charge in [-0.2, -0.15) is 16.9 Å². The zero-order valence-electron chi connectivity index (χ0n) is 11.4. The van der Waals surface area contributed by atoms with Crippen LogP contribution >= 0.6 is 11.8 Å². The molecule has 102 valence electrons. The van der Waals surface area contributed by atoms with Crippen molar-refractivity contribution in [1.29, 1.82) is 0 Å². The number of thioether (sulfide) groups is 1. The van der Waals surface area contributed by atoms with Crippen LogP contribution in [0.1, 0.15) is 25.5 Å². The number of fused-ring (bicyclic) bond motifs is 1. The van der Waals surface area contributed by atoms with Gasteiger partial charge in [-0.05, 0) is 31.6 Å². The number of benzene rings is 1. The lowest BCUT2D eigenvalue weighted by molar-refractivity contribution is 0.501. The summed E-state index contributed by atoms with van der Waals surface area (Å²) in [5.41, 5.74) is 2.44. The summed E-state index contributed by atoms with van der Waals surface area (Å²) in [6, 6.07) is 9.19. The smallest absolute Gasteiger partial charge is 0.0841 e. The van der Waals surface area contributed by atoms with E-state index in [-0.39, 0.29) is 0 Å². The van der Waals surface area contributed by atoms with Crippen molar-refractivity contribution in [2.75, 3.05) is 11.5 Å². The van der Waals surface area contributed by atoms with Gasteiger partial charge in [-0.15, -0.1) is 0 Å². The van der Waals surface area contributed by atoms with Gasteiger partial charge in [0.2, 0.25) is 0 Å². The molecule has 3 nitrogen and oxygen atoms in total. The van der Waals surface area contributed by atoms with Gasteiger partial charge in [-0.3, -0.25) is 4.68 Å². The fraction of sp³-hybridized carbons (Fsp3) is 0.533. The Hall–Kier alpha value is -1.00. The van der Waals surface area contributed by atoms with Crippen molar-refractivity contribution in [3.63, 3.8) is 0 Å². The summed E-state index contributed by atoms with van der Waals surface area (Å²) in [4.78, 5) is 0. The molecular weight excluding hydrogens is 254 g/mol. The van der Waals surface area contributed by atoms with Crippen LogP contribution in [0.4, 0.5) is 0 Å². The molecule has 1 aliphatic heterocycles. The second-order valence-corrected chi connectivity index (χ2v) is 6.22. The Morgan fingerprint density at radius 2 is 2.32 bits per heavy atom. The Balaban J connectivity index is 1.76. The molecule has 1 N–H and O–H groups in total. The van der Waals surface area contributed by atoms with E-state index in [0.29, 0.717) is 6.04 Å². The SMILES string of the molecule is CCn1nc(CN[C@@H]2CCCSC2)c2ccccc21. The van der Waals surface area contributed by atoms with Crippen LogP contribution in [-0.4, -0.2) is 27.3 Å². The van der Waals surface area contributed by atoms with E-state index in [0.717, 1.165) is 13.1 Å². The molecule has 4 heteroatoms. The van der Waals surface area contributed by atoms with Crippen molar-refractivity contribution in [2.24, 2.45) is 0 Å². The highest BCUT2D eigenvalue weighted by molar-refractivity contribution is 7.99. The first kappa shape index (κ1) is 13.0. The maximum atomic E-state index is 4.74. The Morgan fingerprint density at radius 1 is 1.42 bits per heavy atom. The first-order valence-electron chi connectivity index (χ1n) is 7.14. The predicted molar refractivity (Wildman–Crippen MR) is 82.6 cm³/mol. The molecule has 1 aromatic carbocycles. The lowest BCUT2D eigenvalue weighted by Crippen LogP contribution is -2.33. The van der Waals surface area contributed by atoms with E-state index in [4.69, 9.17) is 5.10 Å². The van der Waals surface area contributed by atoms with Gasteiger partial charge in [-0.1, -0.05) is 18.2 Å². The van der Waals surface area contributed by atoms with E-state index >= 15 is 0 Å². The van der Waals surface area contributed by atoms with Gasteiger partial charge in [0.15, 0.2) is 0 Å². The monoisotopic (exact) mass is 275 g/mol. The number of hydrogen-bond donors (Lipinski definition) is 1. The third-order valence-electron chi connectivity index (χ3n) is 3.75. The summed E-state index contributed by atoms with van der Waals surface area (Å²) in [6.45, 7) is 3.97. The summed E-state index contributed by atoms with van der Waals surface area (Å²) in [5.74, 6) is 2.57. The largest absolute Gasteiger partial charge is 0.307 e. The topological polar surface area (TPSA) is 29.9 Å². The molecule has 0 unspecified atom stereocenters. The van der Waals surface area contributed by atoms with E-state index in [1.807, 2.05) is 0 Å². The minimum Gasteiger partial charge on any atom is -0.307 e. The normalized spacial score (nSPS) is 19.9. The van der Waals surface area contributed by atoms with Gasteiger partial charge in [0, 0.05) is 30.3 Å². The fourth-order valence-corrected chi connectivity index (χ4v) is 3.82. The third-order valence-corrected chi connectivity index (χ3v) is 4.97. The number of para-hydroxylation sites is 1. The van der Waals surface area contributed by atoms with E-state index in [1.54, 1.807) is 0 Å². The fourth-order valence-electron chi connectivity index (χ4n) is 2.71. The van der Waals surface area contributed by atoms with Gasteiger partial charge in [-0.25, -0.2) is 0 Å². The van der Waals surface area contributed by atoms with E-state index in [1.165, 1.54) is 40.9 Å². The highest BCUT2D eigenvalue weighted by Gasteiger charge is 2.15. The summed E-state index contributed by atoms with van der Waals surface area (Å²) >= 11 is 2.06. The Bertz CT molecular complexity index is 543. The molecule has 0 radical (unpaired) electrons. The van der Waals surface area contributed by atoms with Crippen LogP contribution < -0.4 is 5.32 Å². The molecule has 2 heterocycles. The van der Waals surface area contributed by atoms with Gasteiger partial charge in [0.1, 0.15) is 0 Å². The zero-order chi connectivity index (χ0) is 13.1. The standard InChI is InChI=1S/C15H21N3S/c1-2-18-15-8-4-3-7-13(15)14(17-18)10-16-12-6-5-9-19-11-12/h3-4,7-8,12,16H,2,5-6,9-11H2,1H3/t12-/m1/s1. The number of rotatable bonds is 4. The molecule has 0 bridgehead atoms. The third kappa shape index (κ3) is 2.79. The Morgan fingerprint density at radius 3 is 3.11 bits per heavy atom. The molecule has 0 saturated carbocycles. The molecule has 2 aromatic rings.